The van der Waals surface area contributed by atoms with Crippen molar-refractivity contribution in [3.63, 3.8) is 0 Å². The van der Waals surface area contributed by atoms with E-state index in [2.05, 4.69) is 15.5 Å². The number of ether oxygens (including phenoxy) is 1. The van der Waals surface area contributed by atoms with Crippen LogP contribution in [0.5, 0.6) is 5.75 Å². The van der Waals surface area contributed by atoms with Crippen LogP contribution in [0.1, 0.15) is 26.3 Å². The molecular formula is C28H27F3N4O5. The second-order valence-electron chi connectivity index (χ2n) is 8.99. The number of alkyl halides is 3. The number of para-hydroxylation sites is 2. The Morgan fingerprint density at radius 1 is 0.825 bits per heavy atom. The quantitative estimate of drug-likeness (QED) is 0.365. The fourth-order valence-electron chi connectivity index (χ4n) is 4.18. The molecule has 40 heavy (non-hydrogen) atoms. The maximum Gasteiger partial charge on any atom is 0.416 e. The molecule has 0 aliphatic carbocycles. The molecule has 12 heteroatoms. The van der Waals surface area contributed by atoms with Crippen LogP contribution in [0.3, 0.4) is 0 Å². The van der Waals surface area contributed by atoms with Crippen LogP contribution in [0.4, 0.5) is 29.3 Å². The number of carbonyl (C=O) groups excluding carboxylic acids is 2. The van der Waals surface area contributed by atoms with Gasteiger partial charge in [0.15, 0.2) is 0 Å². The molecule has 3 N–H and O–H groups in total. The summed E-state index contributed by atoms with van der Waals surface area (Å²) in [6.07, 6.45) is -5.50. The van der Waals surface area contributed by atoms with Crippen molar-refractivity contribution in [3.05, 3.63) is 89.5 Å². The average Bonchev–Trinajstić information content (AvgIpc) is 2.93. The number of carboxylic acid groups (broad SMARTS) is 1. The van der Waals surface area contributed by atoms with E-state index in [9.17, 15) is 27.6 Å². The molecule has 0 saturated carbocycles. The summed E-state index contributed by atoms with van der Waals surface area (Å²) in [6, 6.07) is 17.0. The summed E-state index contributed by atoms with van der Waals surface area (Å²) in [5.41, 5.74) is -0.475. The smallest absolute Gasteiger partial charge is 0.416 e. The van der Waals surface area contributed by atoms with Gasteiger partial charge in [0.2, 0.25) is 0 Å². The third-order valence-electron chi connectivity index (χ3n) is 6.31. The summed E-state index contributed by atoms with van der Waals surface area (Å²) < 4.78 is 45.0. The Bertz CT molecular complexity index is 1370. The summed E-state index contributed by atoms with van der Waals surface area (Å²) in [5, 5.41) is 14.2. The van der Waals surface area contributed by atoms with Gasteiger partial charge in [0.25, 0.3) is 11.8 Å². The maximum atomic E-state index is 13.2. The molecule has 0 atom stereocenters. The molecule has 1 fully saturated rings. The van der Waals surface area contributed by atoms with Gasteiger partial charge in [-0.3, -0.25) is 14.5 Å². The zero-order valence-corrected chi connectivity index (χ0v) is 21.3. The lowest BCUT2D eigenvalue weighted by atomic mass is 10.1. The zero-order chi connectivity index (χ0) is 28.7. The van der Waals surface area contributed by atoms with Gasteiger partial charge in [-0.2, -0.15) is 13.2 Å². The van der Waals surface area contributed by atoms with Gasteiger partial charge in [-0.05, 0) is 42.5 Å². The third-order valence-corrected chi connectivity index (χ3v) is 6.31. The number of anilines is 2. The highest BCUT2D eigenvalue weighted by atomic mass is 19.4. The number of nitrogens with one attached hydrogen (secondary N) is 2. The van der Waals surface area contributed by atoms with Crippen LogP contribution in [-0.2, 0) is 6.18 Å². The van der Waals surface area contributed by atoms with E-state index in [1.165, 1.54) is 29.2 Å². The summed E-state index contributed by atoms with van der Waals surface area (Å²) >= 11 is 0. The average molecular weight is 557 g/mol. The molecule has 1 aliphatic heterocycles. The minimum Gasteiger partial charge on any atom is -0.491 e. The topological polar surface area (TPSA) is 111 Å². The van der Waals surface area contributed by atoms with Crippen LogP contribution in [0.15, 0.2) is 72.8 Å². The number of hydrogen-bond donors (Lipinski definition) is 3. The third kappa shape index (κ3) is 7.29. The molecule has 4 rings (SSSR count). The molecule has 0 aromatic heterocycles. The molecule has 3 aromatic rings. The largest absolute Gasteiger partial charge is 0.491 e. The summed E-state index contributed by atoms with van der Waals surface area (Å²) in [5.74, 6) is -0.900. The van der Waals surface area contributed by atoms with Gasteiger partial charge in [-0.1, -0.05) is 30.3 Å². The Morgan fingerprint density at radius 2 is 1.48 bits per heavy atom. The van der Waals surface area contributed by atoms with Gasteiger partial charge in [0.05, 0.1) is 22.4 Å². The van der Waals surface area contributed by atoms with Gasteiger partial charge >= 0.3 is 12.3 Å². The van der Waals surface area contributed by atoms with Crippen molar-refractivity contribution in [2.45, 2.75) is 6.18 Å². The highest BCUT2D eigenvalue weighted by molar-refractivity contribution is 6.13. The minimum atomic E-state index is -4.56. The summed E-state index contributed by atoms with van der Waals surface area (Å²) in [4.78, 5) is 40.6. The lowest BCUT2D eigenvalue weighted by Gasteiger charge is -2.32. The fourth-order valence-corrected chi connectivity index (χ4v) is 4.18. The molecule has 0 unspecified atom stereocenters. The molecule has 3 aromatic carbocycles. The van der Waals surface area contributed by atoms with E-state index in [0.717, 1.165) is 12.1 Å². The molecule has 9 nitrogen and oxygen atoms in total. The van der Waals surface area contributed by atoms with E-state index in [-0.39, 0.29) is 29.1 Å². The van der Waals surface area contributed by atoms with E-state index in [1.807, 2.05) is 0 Å². The predicted octanol–water partition coefficient (Wildman–Crippen LogP) is 4.88. The SMILES string of the molecule is O=C(Nc1cccc(C(F)(F)F)c1)c1ccccc1NC(=O)c1ccccc1OCCN1CCN(C(=O)O)CC1. The van der Waals surface area contributed by atoms with E-state index < -0.39 is 29.6 Å². The lowest BCUT2D eigenvalue weighted by molar-refractivity contribution is -0.137. The Hall–Kier alpha value is -4.58. The lowest BCUT2D eigenvalue weighted by Crippen LogP contribution is -2.49. The number of amides is 3. The molecule has 1 aliphatic rings. The summed E-state index contributed by atoms with van der Waals surface area (Å²) in [7, 11) is 0. The van der Waals surface area contributed by atoms with E-state index in [0.29, 0.717) is 38.5 Å². The minimum absolute atomic E-state index is 0.0379. The first-order valence-electron chi connectivity index (χ1n) is 12.4. The summed E-state index contributed by atoms with van der Waals surface area (Å²) in [6.45, 7) is 2.80. The number of carbonyl (C=O) groups is 3. The monoisotopic (exact) mass is 556 g/mol. The second-order valence-corrected chi connectivity index (χ2v) is 8.99. The van der Waals surface area contributed by atoms with Crippen LogP contribution >= 0.6 is 0 Å². The number of halogens is 3. The van der Waals surface area contributed by atoms with Crippen molar-refractivity contribution in [2.24, 2.45) is 0 Å². The van der Waals surface area contributed by atoms with Crippen LogP contribution in [0.2, 0.25) is 0 Å². The van der Waals surface area contributed by atoms with Gasteiger partial charge in [-0.25, -0.2) is 4.79 Å². The second kappa shape index (κ2) is 12.5. The molecular weight excluding hydrogens is 529 g/mol. The van der Waals surface area contributed by atoms with Crippen molar-refractivity contribution >= 4 is 29.3 Å². The predicted molar refractivity (Wildman–Crippen MR) is 142 cm³/mol. The molecule has 0 spiro atoms. The maximum absolute atomic E-state index is 13.2. The molecule has 1 heterocycles. The van der Waals surface area contributed by atoms with E-state index in [1.54, 1.807) is 36.4 Å². The molecule has 0 bridgehead atoms. The standard InChI is InChI=1S/C28H27F3N4O5/c29-28(30,31)19-6-5-7-20(18-19)32-25(36)21-8-1-3-10-23(21)33-26(37)22-9-2-4-11-24(22)40-17-16-34-12-14-35(15-13-34)27(38)39/h1-11,18H,12-17H2,(H,32,36)(H,33,37)(H,38,39). The van der Waals surface area contributed by atoms with Gasteiger partial charge < -0.3 is 25.4 Å². The number of piperazine rings is 1. The number of hydrogen-bond acceptors (Lipinski definition) is 5. The van der Waals surface area contributed by atoms with Gasteiger partial charge in [0.1, 0.15) is 12.4 Å². The van der Waals surface area contributed by atoms with Crippen LogP contribution in [0, 0.1) is 0 Å². The van der Waals surface area contributed by atoms with Gasteiger partial charge in [0, 0.05) is 38.4 Å². The van der Waals surface area contributed by atoms with E-state index in [4.69, 9.17) is 9.84 Å². The van der Waals surface area contributed by atoms with Crippen molar-refractivity contribution in [1.82, 2.24) is 9.80 Å². The number of rotatable bonds is 8. The highest BCUT2D eigenvalue weighted by Crippen LogP contribution is 2.31. The first-order chi connectivity index (χ1) is 19.1. The molecule has 1 saturated heterocycles. The molecule has 3 amide bonds. The Morgan fingerprint density at radius 3 is 2.17 bits per heavy atom. The Labute approximate surface area is 228 Å². The van der Waals surface area contributed by atoms with E-state index >= 15 is 0 Å². The molecule has 210 valence electrons. The van der Waals surface area contributed by atoms with Crippen molar-refractivity contribution in [3.8, 4) is 5.75 Å². The fraction of sp³-hybridized carbons (Fsp3) is 0.250. The van der Waals surface area contributed by atoms with Crippen LogP contribution in [0.25, 0.3) is 0 Å². The van der Waals surface area contributed by atoms with Crippen LogP contribution < -0.4 is 15.4 Å². The van der Waals surface area contributed by atoms with Gasteiger partial charge in [-0.15, -0.1) is 0 Å². The number of nitrogens with zero attached hydrogens (tertiary/aromatic N) is 2. The first-order valence-corrected chi connectivity index (χ1v) is 12.4. The Kier molecular flexibility index (Phi) is 8.90. The number of benzene rings is 3. The Balaban J connectivity index is 1.40. The first kappa shape index (κ1) is 28.4. The zero-order valence-electron chi connectivity index (χ0n) is 21.3. The highest BCUT2D eigenvalue weighted by Gasteiger charge is 2.30. The normalized spacial score (nSPS) is 13.9. The van der Waals surface area contributed by atoms with Crippen molar-refractivity contribution in [2.75, 3.05) is 50.0 Å². The van der Waals surface area contributed by atoms with Crippen molar-refractivity contribution < 1.29 is 37.4 Å². The van der Waals surface area contributed by atoms with Crippen molar-refractivity contribution in [1.29, 1.82) is 0 Å². The molecule has 0 radical (unpaired) electrons. The van der Waals surface area contributed by atoms with Crippen LogP contribution in [-0.4, -0.2) is 72.1 Å².